The predicted octanol–water partition coefficient (Wildman–Crippen LogP) is 3.20. The van der Waals surface area contributed by atoms with Crippen molar-refractivity contribution < 1.29 is 19.1 Å². The van der Waals surface area contributed by atoms with Gasteiger partial charge in [0.1, 0.15) is 17.5 Å². The number of likely N-dealkylation sites (tertiary alicyclic amines) is 1. The summed E-state index contributed by atoms with van der Waals surface area (Å²) in [5.41, 5.74) is 2.46. The average Bonchev–Trinajstić information content (AvgIpc) is 3.55. The highest BCUT2D eigenvalue weighted by Crippen LogP contribution is 2.22. The number of imidazole rings is 1. The third kappa shape index (κ3) is 5.39. The standard InChI is InChI=1S/C26H30N4O4/c31-25(16-23-2-1-15-33-23)29-12-9-22(10-13-29)34-21-6-4-20(5-7-21)26(32)28-17-19-3-8-24-27-11-14-30(24)18-19/h3-8,11,14,18,22-23H,1-2,9-10,12-13,15-17H2,(H,28,32). The molecule has 5 rings (SSSR count). The number of amides is 2. The summed E-state index contributed by atoms with van der Waals surface area (Å²) in [5.74, 6) is 0.798. The van der Waals surface area contributed by atoms with Crippen molar-refractivity contribution >= 4 is 17.5 Å². The number of nitrogens with zero attached hydrogens (tertiary/aromatic N) is 3. The summed E-state index contributed by atoms with van der Waals surface area (Å²) in [6, 6.07) is 11.1. The van der Waals surface area contributed by atoms with Crippen LogP contribution in [0.15, 0.2) is 55.0 Å². The number of fused-ring (bicyclic) bond motifs is 1. The fourth-order valence-corrected chi connectivity index (χ4v) is 4.58. The molecule has 0 radical (unpaired) electrons. The van der Waals surface area contributed by atoms with E-state index < -0.39 is 0 Å². The first-order valence-electron chi connectivity index (χ1n) is 12.0. The van der Waals surface area contributed by atoms with Crippen LogP contribution < -0.4 is 10.1 Å². The van der Waals surface area contributed by atoms with E-state index in [1.807, 2.05) is 46.0 Å². The molecule has 8 nitrogen and oxygen atoms in total. The molecule has 1 atom stereocenters. The van der Waals surface area contributed by atoms with E-state index in [-0.39, 0.29) is 24.0 Å². The SMILES string of the molecule is O=C(NCc1ccc2nccn2c1)c1ccc(OC2CCN(C(=O)CC3CCCO3)CC2)cc1. The van der Waals surface area contributed by atoms with E-state index >= 15 is 0 Å². The maximum Gasteiger partial charge on any atom is 0.251 e. The Morgan fingerprint density at radius 2 is 1.91 bits per heavy atom. The van der Waals surface area contributed by atoms with Crippen molar-refractivity contribution in [2.75, 3.05) is 19.7 Å². The van der Waals surface area contributed by atoms with Crippen LogP contribution in [-0.2, 0) is 16.1 Å². The molecule has 2 aliphatic heterocycles. The molecule has 0 bridgehead atoms. The minimum absolute atomic E-state index is 0.0737. The predicted molar refractivity (Wildman–Crippen MR) is 127 cm³/mol. The Labute approximate surface area is 198 Å². The second-order valence-electron chi connectivity index (χ2n) is 8.97. The van der Waals surface area contributed by atoms with Gasteiger partial charge in [0.15, 0.2) is 0 Å². The number of hydrogen-bond acceptors (Lipinski definition) is 5. The minimum Gasteiger partial charge on any atom is -0.490 e. The molecule has 2 aliphatic rings. The molecule has 178 valence electrons. The fourth-order valence-electron chi connectivity index (χ4n) is 4.58. The van der Waals surface area contributed by atoms with Gasteiger partial charge >= 0.3 is 0 Å². The zero-order valence-electron chi connectivity index (χ0n) is 19.2. The number of hydrogen-bond donors (Lipinski definition) is 1. The maximum absolute atomic E-state index is 12.5. The number of rotatable bonds is 7. The molecule has 0 saturated carbocycles. The molecule has 2 aromatic heterocycles. The minimum atomic E-state index is -0.129. The van der Waals surface area contributed by atoms with Gasteiger partial charge < -0.3 is 24.1 Å². The molecule has 0 aliphatic carbocycles. The van der Waals surface area contributed by atoms with Gasteiger partial charge in [-0.15, -0.1) is 0 Å². The lowest BCUT2D eigenvalue weighted by molar-refractivity contribution is -0.135. The molecular weight excluding hydrogens is 432 g/mol. The number of ether oxygens (including phenoxy) is 2. The molecule has 2 amide bonds. The van der Waals surface area contributed by atoms with Crippen LogP contribution in [0, 0.1) is 0 Å². The first-order valence-corrected chi connectivity index (χ1v) is 12.0. The molecule has 1 unspecified atom stereocenters. The number of carbonyl (C=O) groups is 2. The third-order valence-corrected chi connectivity index (χ3v) is 6.54. The van der Waals surface area contributed by atoms with Crippen LogP contribution in [-0.4, -0.2) is 58.0 Å². The van der Waals surface area contributed by atoms with Gasteiger partial charge in [-0.05, 0) is 48.7 Å². The Kier molecular flexibility index (Phi) is 6.76. The lowest BCUT2D eigenvalue weighted by atomic mass is 10.1. The van der Waals surface area contributed by atoms with Crippen LogP contribution in [0.3, 0.4) is 0 Å². The lowest BCUT2D eigenvalue weighted by Gasteiger charge is -2.32. The van der Waals surface area contributed by atoms with Crippen molar-refractivity contribution in [2.45, 2.75) is 50.9 Å². The zero-order chi connectivity index (χ0) is 23.3. The molecule has 0 spiro atoms. The fraction of sp³-hybridized carbons (Fsp3) is 0.423. The van der Waals surface area contributed by atoms with Crippen molar-refractivity contribution in [3.05, 3.63) is 66.1 Å². The smallest absolute Gasteiger partial charge is 0.251 e. The van der Waals surface area contributed by atoms with Crippen molar-refractivity contribution in [1.82, 2.24) is 19.6 Å². The summed E-state index contributed by atoms with van der Waals surface area (Å²) in [7, 11) is 0. The molecule has 1 N–H and O–H groups in total. The first-order chi connectivity index (χ1) is 16.6. The van der Waals surface area contributed by atoms with E-state index in [1.165, 1.54) is 0 Å². The molecule has 4 heterocycles. The monoisotopic (exact) mass is 462 g/mol. The van der Waals surface area contributed by atoms with Crippen LogP contribution >= 0.6 is 0 Å². The molecule has 2 fully saturated rings. The number of pyridine rings is 1. The van der Waals surface area contributed by atoms with Gasteiger partial charge in [-0.1, -0.05) is 6.07 Å². The highest BCUT2D eigenvalue weighted by molar-refractivity contribution is 5.94. The second-order valence-corrected chi connectivity index (χ2v) is 8.97. The van der Waals surface area contributed by atoms with Gasteiger partial charge in [-0.25, -0.2) is 4.98 Å². The van der Waals surface area contributed by atoms with E-state index in [2.05, 4.69) is 10.3 Å². The summed E-state index contributed by atoms with van der Waals surface area (Å²) in [6.07, 6.45) is 9.90. The maximum atomic E-state index is 12.5. The number of aromatic nitrogens is 2. The van der Waals surface area contributed by atoms with Crippen LogP contribution in [0.2, 0.25) is 0 Å². The lowest BCUT2D eigenvalue weighted by Crippen LogP contribution is -2.42. The summed E-state index contributed by atoms with van der Waals surface area (Å²) < 4.78 is 13.6. The number of carbonyl (C=O) groups excluding carboxylic acids is 2. The van der Waals surface area contributed by atoms with E-state index in [4.69, 9.17) is 9.47 Å². The van der Waals surface area contributed by atoms with Gasteiger partial charge in [0.2, 0.25) is 5.91 Å². The molecule has 1 aromatic carbocycles. The molecule has 8 heteroatoms. The highest BCUT2D eigenvalue weighted by atomic mass is 16.5. The summed E-state index contributed by atoms with van der Waals surface area (Å²) in [5, 5.41) is 2.95. The Balaban J connectivity index is 1.07. The van der Waals surface area contributed by atoms with E-state index in [9.17, 15) is 9.59 Å². The number of benzene rings is 1. The van der Waals surface area contributed by atoms with Crippen molar-refractivity contribution in [3.63, 3.8) is 0 Å². The van der Waals surface area contributed by atoms with Crippen molar-refractivity contribution in [3.8, 4) is 5.75 Å². The zero-order valence-corrected chi connectivity index (χ0v) is 19.2. The van der Waals surface area contributed by atoms with Crippen LogP contribution in [0.4, 0.5) is 0 Å². The quantitative estimate of drug-likeness (QED) is 0.583. The van der Waals surface area contributed by atoms with Gasteiger partial charge in [-0.3, -0.25) is 9.59 Å². The van der Waals surface area contributed by atoms with Gasteiger partial charge in [0.25, 0.3) is 5.91 Å². The average molecular weight is 463 g/mol. The molecule has 34 heavy (non-hydrogen) atoms. The number of nitrogens with one attached hydrogen (secondary N) is 1. The normalized spacial score (nSPS) is 18.8. The molecular formula is C26H30N4O4. The molecule has 2 saturated heterocycles. The largest absolute Gasteiger partial charge is 0.490 e. The van der Waals surface area contributed by atoms with Crippen molar-refractivity contribution in [2.24, 2.45) is 0 Å². The summed E-state index contributed by atoms with van der Waals surface area (Å²) in [4.78, 5) is 31.2. The van der Waals surface area contributed by atoms with E-state index in [0.717, 1.165) is 49.3 Å². The van der Waals surface area contributed by atoms with Gasteiger partial charge in [0, 0.05) is 63.2 Å². The summed E-state index contributed by atoms with van der Waals surface area (Å²) in [6.45, 7) is 2.63. The summed E-state index contributed by atoms with van der Waals surface area (Å²) >= 11 is 0. The Hall–Kier alpha value is -3.39. The highest BCUT2D eigenvalue weighted by Gasteiger charge is 2.27. The van der Waals surface area contributed by atoms with E-state index in [1.54, 1.807) is 18.3 Å². The molecule has 3 aromatic rings. The topological polar surface area (TPSA) is 85.2 Å². The van der Waals surface area contributed by atoms with E-state index in [0.29, 0.717) is 31.6 Å². The van der Waals surface area contributed by atoms with Crippen LogP contribution in [0.5, 0.6) is 5.75 Å². The third-order valence-electron chi connectivity index (χ3n) is 6.54. The van der Waals surface area contributed by atoms with Gasteiger partial charge in [-0.2, -0.15) is 0 Å². The number of piperidine rings is 1. The Bertz CT molecular complexity index is 1130. The Morgan fingerprint density at radius 1 is 1.09 bits per heavy atom. The Morgan fingerprint density at radius 3 is 2.68 bits per heavy atom. The second kappa shape index (κ2) is 10.3. The first kappa shape index (κ1) is 22.4. The van der Waals surface area contributed by atoms with Crippen LogP contribution in [0.25, 0.3) is 5.65 Å². The van der Waals surface area contributed by atoms with Crippen molar-refractivity contribution in [1.29, 1.82) is 0 Å². The van der Waals surface area contributed by atoms with Crippen LogP contribution in [0.1, 0.15) is 48.0 Å². The van der Waals surface area contributed by atoms with Gasteiger partial charge in [0.05, 0.1) is 12.5 Å².